The van der Waals surface area contributed by atoms with Gasteiger partial charge in [0.15, 0.2) is 0 Å². The summed E-state index contributed by atoms with van der Waals surface area (Å²) in [5.41, 5.74) is 0.843. The van der Waals surface area contributed by atoms with Gasteiger partial charge in [-0.1, -0.05) is 20.8 Å². The van der Waals surface area contributed by atoms with Gasteiger partial charge >= 0.3 is 0 Å². The Morgan fingerprint density at radius 2 is 1.94 bits per heavy atom. The van der Waals surface area contributed by atoms with E-state index in [9.17, 15) is 8.42 Å². The molecule has 0 spiro atoms. The third kappa shape index (κ3) is 3.77. The van der Waals surface area contributed by atoms with E-state index in [1.54, 1.807) is 6.07 Å². The molecule has 0 fully saturated rings. The molecule has 0 saturated heterocycles. The molecule has 1 rings (SSSR count). The lowest BCUT2D eigenvalue weighted by Crippen LogP contribution is -2.41. The topological polar surface area (TPSA) is 46.2 Å². The molecule has 0 bridgehead atoms. The lowest BCUT2D eigenvalue weighted by Gasteiger charge is -2.27. The standard InChI is InChI=1S/C11H18BrNO2S2/c1-7-6-9(16-10(7)12)17(14,15)13-8(2)11(3,4)5/h6,8,13H,1-5H3. The summed E-state index contributed by atoms with van der Waals surface area (Å²) in [6.07, 6.45) is 0. The van der Waals surface area contributed by atoms with E-state index in [4.69, 9.17) is 0 Å². The SMILES string of the molecule is Cc1cc(S(=O)(=O)NC(C)C(C)(C)C)sc1Br. The number of hydrogen-bond acceptors (Lipinski definition) is 3. The Morgan fingerprint density at radius 1 is 1.41 bits per heavy atom. The first-order valence-corrected chi connectivity index (χ1v) is 8.41. The summed E-state index contributed by atoms with van der Waals surface area (Å²) in [7, 11) is -3.41. The highest BCUT2D eigenvalue weighted by molar-refractivity contribution is 9.11. The van der Waals surface area contributed by atoms with Gasteiger partial charge in [-0.2, -0.15) is 0 Å². The summed E-state index contributed by atoms with van der Waals surface area (Å²) < 4.78 is 28.2. The first kappa shape index (κ1) is 15.1. The van der Waals surface area contributed by atoms with Gasteiger partial charge in [-0.3, -0.25) is 0 Å². The predicted octanol–water partition coefficient (Wildman–Crippen LogP) is 3.53. The lowest BCUT2D eigenvalue weighted by molar-refractivity contribution is 0.318. The molecule has 0 aliphatic rings. The van der Waals surface area contributed by atoms with Crippen molar-refractivity contribution in [3.05, 3.63) is 15.4 Å². The van der Waals surface area contributed by atoms with Crippen LogP contribution in [0.1, 0.15) is 33.3 Å². The highest BCUT2D eigenvalue weighted by atomic mass is 79.9. The van der Waals surface area contributed by atoms with Crippen LogP contribution in [0.3, 0.4) is 0 Å². The van der Waals surface area contributed by atoms with E-state index in [-0.39, 0.29) is 11.5 Å². The smallest absolute Gasteiger partial charge is 0.207 e. The Hall–Kier alpha value is 0.0900. The molecule has 1 heterocycles. The Labute approximate surface area is 116 Å². The van der Waals surface area contributed by atoms with Crippen molar-refractivity contribution in [1.29, 1.82) is 0 Å². The van der Waals surface area contributed by atoms with Crippen LogP contribution in [0.15, 0.2) is 14.1 Å². The van der Waals surface area contributed by atoms with Crippen LogP contribution in [0.25, 0.3) is 0 Å². The maximum atomic E-state index is 12.1. The fourth-order valence-electron chi connectivity index (χ4n) is 1.03. The maximum Gasteiger partial charge on any atom is 0.250 e. The molecule has 0 aliphatic heterocycles. The van der Waals surface area contributed by atoms with Crippen molar-refractivity contribution in [3.8, 4) is 0 Å². The zero-order chi connectivity index (χ0) is 13.4. The molecule has 6 heteroatoms. The molecule has 1 aromatic heterocycles. The molecule has 0 aliphatic carbocycles. The zero-order valence-electron chi connectivity index (χ0n) is 10.7. The number of halogens is 1. The molecule has 1 unspecified atom stereocenters. The largest absolute Gasteiger partial charge is 0.250 e. The first-order chi connectivity index (χ1) is 7.54. The highest BCUT2D eigenvalue weighted by Crippen LogP contribution is 2.31. The summed E-state index contributed by atoms with van der Waals surface area (Å²) in [5.74, 6) is 0. The van der Waals surface area contributed by atoms with Crippen molar-refractivity contribution in [1.82, 2.24) is 4.72 Å². The minimum absolute atomic E-state index is 0.101. The van der Waals surface area contributed by atoms with E-state index >= 15 is 0 Å². The van der Waals surface area contributed by atoms with Crippen LogP contribution < -0.4 is 4.72 Å². The Bertz CT molecular complexity index is 481. The van der Waals surface area contributed by atoms with Gasteiger partial charge in [0.2, 0.25) is 10.0 Å². The van der Waals surface area contributed by atoms with E-state index in [1.165, 1.54) is 11.3 Å². The summed E-state index contributed by atoms with van der Waals surface area (Å²) in [4.78, 5) is 0. The summed E-state index contributed by atoms with van der Waals surface area (Å²) in [6.45, 7) is 9.79. The molecule has 0 radical (unpaired) electrons. The van der Waals surface area contributed by atoms with E-state index in [0.29, 0.717) is 4.21 Å². The second-order valence-corrected chi connectivity index (χ2v) is 9.54. The number of aryl methyl sites for hydroxylation is 1. The van der Waals surface area contributed by atoms with Crippen LogP contribution >= 0.6 is 27.3 Å². The van der Waals surface area contributed by atoms with Gasteiger partial charge in [0.05, 0.1) is 3.79 Å². The van der Waals surface area contributed by atoms with Gasteiger partial charge in [-0.05, 0) is 46.8 Å². The first-order valence-electron chi connectivity index (χ1n) is 5.32. The van der Waals surface area contributed by atoms with Crippen molar-refractivity contribution >= 4 is 37.3 Å². The quantitative estimate of drug-likeness (QED) is 0.915. The lowest BCUT2D eigenvalue weighted by atomic mass is 9.89. The van der Waals surface area contributed by atoms with E-state index in [1.807, 2.05) is 34.6 Å². The predicted molar refractivity (Wildman–Crippen MR) is 76.0 cm³/mol. The van der Waals surface area contributed by atoms with Crippen molar-refractivity contribution in [2.75, 3.05) is 0 Å². The molecule has 98 valence electrons. The van der Waals surface area contributed by atoms with E-state index < -0.39 is 10.0 Å². The number of nitrogens with one attached hydrogen (secondary N) is 1. The van der Waals surface area contributed by atoms with E-state index in [2.05, 4.69) is 20.7 Å². The third-order valence-corrected chi connectivity index (χ3v) is 6.88. The molecule has 0 amide bonds. The van der Waals surface area contributed by atoms with Crippen molar-refractivity contribution < 1.29 is 8.42 Å². The van der Waals surface area contributed by atoms with Crippen molar-refractivity contribution in [2.45, 2.75) is 44.9 Å². The Kier molecular flexibility index (Phi) is 4.45. The van der Waals surface area contributed by atoms with Crippen LogP contribution in [-0.2, 0) is 10.0 Å². The number of rotatable bonds is 3. The summed E-state index contributed by atoms with van der Waals surface area (Å²) in [5, 5.41) is 0. The van der Waals surface area contributed by atoms with Crippen LogP contribution in [-0.4, -0.2) is 14.5 Å². The summed E-state index contributed by atoms with van der Waals surface area (Å²) >= 11 is 4.58. The second kappa shape index (κ2) is 4.99. The Morgan fingerprint density at radius 3 is 2.29 bits per heavy atom. The van der Waals surface area contributed by atoms with Crippen LogP contribution in [0.2, 0.25) is 0 Å². The van der Waals surface area contributed by atoms with Crippen LogP contribution in [0.5, 0.6) is 0 Å². The molecule has 1 atom stereocenters. The molecule has 3 nitrogen and oxygen atoms in total. The average molecular weight is 340 g/mol. The number of thiophene rings is 1. The van der Waals surface area contributed by atoms with Gasteiger partial charge in [0, 0.05) is 6.04 Å². The molecular weight excluding hydrogens is 322 g/mol. The number of sulfonamides is 1. The van der Waals surface area contributed by atoms with E-state index in [0.717, 1.165) is 9.35 Å². The fourth-order valence-corrected chi connectivity index (χ4v) is 4.72. The highest BCUT2D eigenvalue weighted by Gasteiger charge is 2.27. The molecule has 0 saturated carbocycles. The molecular formula is C11H18BrNO2S2. The summed E-state index contributed by atoms with van der Waals surface area (Å²) in [6, 6.07) is 1.57. The average Bonchev–Trinajstić information content (AvgIpc) is 2.45. The maximum absolute atomic E-state index is 12.1. The molecule has 1 aromatic rings. The minimum atomic E-state index is -3.41. The third-order valence-electron chi connectivity index (χ3n) is 2.73. The van der Waals surface area contributed by atoms with Gasteiger partial charge in [0.25, 0.3) is 0 Å². The Balaban J connectivity index is 2.98. The zero-order valence-corrected chi connectivity index (χ0v) is 13.9. The van der Waals surface area contributed by atoms with Gasteiger partial charge < -0.3 is 0 Å². The normalized spacial score (nSPS) is 14.9. The number of hydrogen-bond donors (Lipinski definition) is 1. The van der Waals surface area contributed by atoms with Gasteiger partial charge in [0.1, 0.15) is 4.21 Å². The van der Waals surface area contributed by atoms with Crippen molar-refractivity contribution in [3.63, 3.8) is 0 Å². The van der Waals surface area contributed by atoms with Gasteiger partial charge in [-0.25, -0.2) is 13.1 Å². The minimum Gasteiger partial charge on any atom is -0.207 e. The molecule has 0 aromatic carbocycles. The van der Waals surface area contributed by atoms with Gasteiger partial charge in [-0.15, -0.1) is 11.3 Å². The van der Waals surface area contributed by atoms with Crippen LogP contribution in [0.4, 0.5) is 0 Å². The second-order valence-electron chi connectivity index (χ2n) is 5.23. The van der Waals surface area contributed by atoms with Crippen LogP contribution in [0, 0.1) is 12.3 Å². The molecule has 1 N–H and O–H groups in total. The van der Waals surface area contributed by atoms with Crippen molar-refractivity contribution in [2.24, 2.45) is 5.41 Å². The molecule has 17 heavy (non-hydrogen) atoms. The monoisotopic (exact) mass is 339 g/mol. The fraction of sp³-hybridized carbons (Fsp3) is 0.636.